The van der Waals surface area contributed by atoms with Gasteiger partial charge in [-0.05, 0) is 18.1 Å². The maximum absolute atomic E-state index is 11.4. The van der Waals surface area contributed by atoms with Gasteiger partial charge < -0.3 is 10.1 Å². The summed E-state index contributed by atoms with van der Waals surface area (Å²) in [4.78, 5) is 14.8. The number of nitrogens with one attached hydrogen (secondary N) is 2. The van der Waals surface area contributed by atoms with E-state index in [-0.39, 0.29) is 18.4 Å². The molecule has 0 amide bonds. The lowest BCUT2D eigenvalue weighted by molar-refractivity contribution is -0.139. The van der Waals surface area contributed by atoms with Crippen LogP contribution in [0.4, 0.5) is 0 Å². The third-order valence-electron chi connectivity index (χ3n) is 4.15. The zero-order valence-electron chi connectivity index (χ0n) is 12.1. The fourth-order valence-electron chi connectivity index (χ4n) is 3.12. The van der Waals surface area contributed by atoms with Gasteiger partial charge in [-0.3, -0.25) is 10.1 Å². The molecule has 0 bridgehead atoms. The third kappa shape index (κ3) is 2.92. The maximum Gasteiger partial charge on any atom is 0.321 e. The molecular weight excluding hydrogens is 288 g/mol. The van der Waals surface area contributed by atoms with E-state index in [0.29, 0.717) is 6.42 Å². The number of aromatic nitrogens is 1. The number of fused-ring (bicyclic) bond motifs is 3. The molecule has 1 aromatic heterocycles. The monoisotopic (exact) mass is 308 g/mol. The number of H-pyrrole nitrogens is 1. The van der Waals surface area contributed by atoms with Crippen LogP contribution in [0, 0.1) is 0 Å². The molecular formula is C16H21ClN2O2. The average Bonchev–Trinajstić information content (AvgIpc) is 2.83. The van der Waals surface area contributed by atoms with Crippen LogP contribution in [0.25, 0.3) is 10.9 Å². The molecule has 0 aliphatic carbocycles. The van der Waals surface area contributed by atoms with Gasteiger partial charge >= 0.3 is 5.97 Å². The van der Waals surface area contributed by atoms with E-state index in [0.717, 1.165) is 30.2 Å². The van der Waals surface area contributed by atoms with Gasteiger partial charge in [-0.15, -0.1) is 12.4 Å². The molecule has 2 heterocycles. The van der Waals surface area contributed by atoms with Gasteiger partial charge in [0.2, 0.25) is 0 Å². The van der Waals surface area contributed by atoms with Crippen molar-refractivity contribution in [2.45, 2.75) is 44.7 Å². The first kappa shape index (κ1) is 15.9. The van der Waals surface area contributed by atoms with E-state index in [1.54, 1.807) is 0 Å². The van der Waals surface area contributed by atoms with Crippen molar-refractivity contribution in [3.8, 4) is 0 Å². The van der Waals surface area contributed by atoms with Gasteiger partial charge in [0.05, 0.1) is 0 Å². The Balaban J connectivity index is 0.00000161. The van der Waals surface area contributed by atoms with E-state index in [1.807, 2.05) is 12.1 Å². The van der Waals surface area contributed by atoms with Gasteiger partial charge in [0.25, 0.3) is 0 Å². The number of hydrogen-bond donors (Lipinski definition) is 3. The summed E-state index contributed by atoms with van der Waals surface area (Å²) >= 11 is 0. The highest BCUT2D eigenvalue weighted by Gasteiger charge is 2.32. The molecule has 0 radical (unpaired) electrons. The molecule has 1 aromatic carbocycles. The normalized spacial score (nSPS) is 20.8. The Labute approximate surface area is 130 Å². The lowest BCUT2D eigenvalue weighted by Crippen LogP contribution is -2.44. The summed E-state index contributed by atoms with van der Waals surface area (Å²) in [7, 11) is 0. The van der Waals surface area contributed by atoms with E-state index in [2.05, 4.69) is 29.4 Å². The lowest BCUT2D eigenvalue weighted by Gasteiger charge is -2.29. The van der Waals surface area contributed by atoms with Gasteiger partial charge in [0.15, 0.2) is 0 Å². The first-order valence-electron chi connectivity index (χ1n) is 7.29. The van der Waals surface area contributed by atoms with Gasteiger partial charge in [0.1, 0.15) is 6.04 Å². The highest BCUT2D eigenvalue weighted by molar-refractivity contribution is 5.86. The predicted molar refractivity (Wildman–Crippen MR) is 86.1 cm³/mol. The molecule has 1 aliphatic heterocycles. The second kappa shape index (κ2) is 6.50. The van der Waals surface area contributed by atoms with Crippen LogP contribution in [0.5, 0.6) is 0 Å². The van der Waals surface area contributed by atoms with Gasteiger partial charge in [-0.2, -0.15) is 0 Å². The third-order valence-corrected chi connectivity index (χ3v) is 4.15. The highest BCUT2D eigenvalue weighted by Crippen LogP contribution is 2.33. The molecule has 114 valence electrons. The average molecular weight is 309 g/mol. The molecule has 0 saturated carbocycles. The van der Waals surface area contributed by atoms with Crippen LogP contribution >= 0.6 is 12.4 Å². The van der Waals surface area contributed by atoms with Gasteiger partial charge in [-0.25, -0.2) is 0 Å². The van der Waals surface area contributed by atoms with Crippen molar-refractivity contribution in [2.75, 3.05) is 0 Å². The van der Waals surface area contributed by atoms with E-state index >= 15 is 0 Å². The summed E-state index contributed by atoms with van der Waals surface area (Å²) in [6, 6.07) is 7.78. The number of unbranched alkanes of at least 4 members (excludes halogenated alkanes) is 1. The second-order valence-electron chi connectivity index (χ2n) is 5.52. The Morgan fingerprint density at radius 3 is 2.86 bits per heavy atom. The predicted octanol–water partition coefficient (Wildman–Crippen LogP) is 3.42. The van der Waals surface area contributed by atoms with Crippen molar-refractivity contribution in [3.05, 3.63) is 35.5 Å². The smallest absolute Gasteiger partial charge is 0.321 e. The van der Waals surface area contributed by atoms with Crippen molar-refractivity contribution < 1.29 is 9.90 Å². The quantitative estimate of drug-likeness (QED) is 0.811. The minimum Gasteiger partial charge on any atom is -0.480 e. The van der Waals surface area contributed by atoms with Gasteiger partial charge in [0, 0.05) is 29.1 Å². The first-order chi connectivity index (χ1) is 9.70. The minimum atomic E-state index is -0.762. The Morgan fingerprint density at radius 1 is 1.38 bits per heavy atom. The summed E-state index contributed by atoms with van der Waals surface area (Å²) in [5.74, 6) is -0.762. The molecule has 0 saturated heterocycles. The number of halogens is 1. The van der Waals surface area contributed by atoms with Crippen LogP contribution in [0.15, 0.2) is 24.3 Å². The van der Waals surface area contributed by atoms with E-state index in [9.17, 15) is 9.90 Å². The fraction of sp³-hybridized carbons (Fsp3) is 0.438. The number of benzene rings is 1. The van der Waals surface area contributed by atoms with Crippen molar-refractivity contribution in [1.82, 2.24) is 10.3 Å². The molecule has 3 N–H and O–H groups in total. The fourth-order valence-corrected chi connectivity index (χ4v) is 3.12. The van der Waals surface area contributed by atoms with Crippen LogP contribution < -0.4 is 5.32 Å². The number of para-hydroxylation sites is 1. The zero-order valence-corrected chi connectivity index (χ0v) is 12.9. The maximum atomic E-state index is 11.4. The van der Waals surface area contributed by atoms with E-state index in [4.69, 9.17) is 0 Å². The summed E-state index contributed by atoms with van der Waals surface area (Å²) in [6.45, 7) is 2.16. The van der Waals surface area contributed by atoms with Crippen molar-refractivity contribution in [3.63, 3.8) is 0 Å². The Hall–Kier alpha value is -1.52. The molecule has 0 unspecified atom stereocenters. The molecule has 3 rings (SSSR count). The SMILES string of the molecule is CCCC[C@H]1N[C@@H](C(=O)O)Cc2c1[nH]c1ccccc21.Cl. The second-order valence-corrected chi connectivity index (χ2v) is 5.52. The number of rotatable bonds is 4. The molecule has 0 spiro atoms. The van der Waals surface area contributed by atoms with Crippen molar-refractivity contribution in [1.29, 1.82) is 0 Å². The summed E-state index contributed by atoms with van der Waals surface area (Å²) < 4.78 is 0. The van der Waals surface area contributed by atoms with Crippen LogP contribution in [-0.2, 0) is 11.2 Å². The summed E-state index contributed by atoms with van der Waals surface area (Å²) in [5.41, 5.74) is 3.46. The lowest BCUT2D eigenvalue weighted by atomic mass is 9.91. The minimum absolute atomic E-state index is 0. The van der Waals surface area contributed by atoms with Crippen LogP contribution in [0.3, 0.4) is 0 Å². The molecule has 21 heavy (non-hydrogen) atoms. The standard InChI is InChI=1S/C16H20N2O2.ClH/c1-2-3-7-13-15-11(9-14(17-13)16(19)20)10-6-4-5-8-12(10)18-15;/h4-6,8,13-14,17-18H,2-3,7,9H2,1H3,(H,19,20);1H/t13-,14-;/m1./s1. The Morgan fingerprint density at radius 2 is 2.14 bits per heavy atom. The Bertz CT molecular complexity index is 638. The molecule has 4 nitrogen and oxygen atoms in total. The van der Waals surface area contributed by atoms with E-state index < -0.39 is 12.0 Å². The number of hydrogen-bond acceptors (Lipinski definition) is 2. The van der Waals surface area contributed by atoms with Gasteiger partial charge in [-0.1, -0.05) is 38.0 Å². The molecule has 5 heteroatoms. The number of carbonyl (C=O) groups is 1. The molecule has 0 fully saturated rings. The van der Waals surface area contributed by atoms with Crippen molar-refractivity contribution in [2.24, 2.45) is 0 Å². The zero-order chi connectivity index (χ0) is 14.1. The molecule has 2 aromatic rings. The Kier molecular flexibility index (Phi) is 4.91. The molecule has 1 aliphatic rings. The van der Waals surface area contributed by atoms with Crippen LogP contribution in [-0.4, -0.2) is 22.1 Å². The highest BCUT2D eigenvalue weighted by atomic mass is 35.5. The van der Waals surface area contributed by atoms with Crippen LogP contribution in [0.1, 0.15) is 43.5 Å². The molecule has 2 atom stereocenters. The van der Waals surface area contributed by atoms with E-state index in [1.165, 1.54) is 11.3 Å². The largest absolute Gasteiger partial charge is 0.480 e. The van der Waals surface area contributed by atoms with Crippen molar-refractivity contribution >= 4 is 29.3 Å². The number of aromatic amines is 1. The number of carboxylic acids is 1. The van der Waals surface area contributed by atoms with Crippen LogP contribution in [0.2, 0.25) is 0 Å². The summed E-state index contributed by atoms with van der Waals surface area (Å²) in [6.07, 6.45) is 3.74. The summed E-state index contributed by atoms with van der Waals surface area (Å²) in [5, 5.41) is 13.8. The number of aliphatic carboxylic acids is 1. The first-order valence-corrected chi connectivity index (χ1v) is 7.29. The topological polar surface area (TPSA) is 65.1 Å². The number of carboxylic acid groups (broad SMARTS) is 1.